The maximum atomic E-state index is 12.0. The number of nitrogens with one attached hydrogen (secondary N) is 2. The molecule has 3 nitrogen and oxygen atoms in total. The van der Waals surface area contributed by atoms with Gasteiger partial charge in [-0.2, -0.15) is 0 Å². The number of rotatable bonds is 4. The van der Waals surface area contributed by atoms with E-state index >= 15 is 0 Å². The van der Waals surface area contributed by atoms with E-state index in [1.54, 1.807) is 0 Å². The van der Waals surface area contributed by atoms with Gasteiger partial charge in [-0.25, -0.2) is 0 Å². The summed E-state index contributed by atoms with van der Waals surface area (Å²) < 4.78 is 0. The lowest BCUT2D eigenvalue weighted by atomic mass is 10.2. The monoisotopic (exact) mass is 230 g/mol. The normalized spacial score (nSPS) is 12.6. The summed E-state index contributed by atoms with van der Waals surface area (Å²) in [6.45, 7) is 4.15. The lowest BCUT2D eigenvalue weighted by Gasteiger charge is -2.11. The van der Waals surface area contributed by atoms with Crippen LogP contribution in [0.15, 0.2) is 30.3 Å². The summed E-state index contributed by atoms with van der Waals surface area (Å²) in [6, 6.07) is 10.0. The number of aromatic amines is 1. The van der Waals surface area contributed by atoms with E-state index in [4.69, 9.17) is 0 Å². The average Bonchev–Trinajstić information content (AvgIpc) is 2.72. The molecule has 0 spiro atoms. The molecular formula is C14H18N2O. The molecule has 0 aliphatic rings. The number of fused-ring (bicyclic) bond motifs is 1. The van der Waals surface area contributed by atoms with Crippen LogP contribution < -0.4 is 5.32 Å². The van der Waals surface area contributed by atoms with E-state index in [-0.39, 0.29) is 11.9 Å². The van der Waals surface area contributed by atoms with Gasteiger partial charge in [0.2, 0.25) is 0 Å². The molecule has 0 saturated carbocycles. The van der Waals surface area contributed by atoms with Crippen molar-refractivity contribution in [3.63, 3.8) is 0 Å². The molecule has 1 unspecified atom stereocenters. The summed E-state index contributed by atoms with van der Waals surface area (Å²) in [4.78, 5) is 15.1. The molecule has 0 saturated heterocycles. The summed E-state index contributed by atoms with van der Waals surface area (Å²) in [5.74, 6) is -0.0258. The molecule has 1 heterocycles. The fraction of sp³-hybridized carbons (Fsp3) is 0.357. The molecule has 0 aliphatic carbocycles. The molecule has 2 N–H and O–H groups in total. The SMILES string of the molecule is CCCC(C)NC(=O)c1cc2ccccc2[nH]1. The molecule has 1 aromatic heterocycles. The van der Waals surface area contributed by atoms with Crippen LogP contribution in [0.4, 0.5) is 0 Å². The zero-order chi connectivity index (χ0) is 12.3. The van der Waals surface area contributed by atoms with Gasteiger partial charge >= 0.3 is 0 Å². The first kappa shape index (κ1) is 11.7. The number of para-hydroxylation sites is 1. The summed E-state index contributed by atoms with van der Waals surface area (Å²) in [7, 11) is 0. The molecule has 3 heteroatoms. The zero-order valence-electron chi connectivity index (χ0n) is 10.3. The Morgan fingerprint density at radius 3 is 2.88 bits per heavy atom. The van der Waals surface area contributed by atoms with Crippen LogP contribution in [-0.2, 0) is 0 Å². The van der Waals surface area contributed by atoms with Crippen molar-refractivity contribution in [2.45, 2.75) is 32.7 Å². The van der Waals surface area contributed by atoms with Crippen LogP contribution in [0.5, 0.6) is 0 Å². The van der Waals surface area contributed by atoms with Crippen molar-refractivity contribution in [1.82, 2.24) is 10.3 Å². The molecule has 90 valence electrons. The number of benzene rings is 1. The van der Waals surface area contributed by atoms with E-state index in [9.17, 15) is 4.79 Å². The third-order valence-corrected chi connectivity index (χ3v) is 2.87. The third kappa shape index (κ3) is 2.67. The van der Waals surface area contributed by atoms with Gasteiger partial charge < -0.3 is 10.3 Å². The summed E-state index contributed by atoms with van der Waals surface area (Å²) in [6.07, 6.45) is 2.08. The Morgan fingerprint density at radius 1 is 1.41 bits per heavy atom. The Hall–Kier alpha value is -1.77. The van der Waals surface area contributed by atoms with E-state index < -0.39 is 0 Å². The van der Waals surface area contributed by atoms with Gasteiger partial charge in [-0.1, -0.05) is 31.5 Å². The van der Waals surface area contributed by atoms with E-state index in [1.165, 1.54) is 0 Å². The maximum Gasteiger partial charge on any atom is 0.267 e. The number of H-pyrrole nitrogens is 1. The third-order valence-electron chi connectivity index (χ3n) is 2.87. The van der Waals surface area contributed by atoms with Crippen LogP contribution in [0, 0.1) is 0 Å². The van der Waals surface area contributed by atoms with Crippen molar-refractivity contribution in [2.24, 2.45) is 0 Å². The summed E-state index contributed by atoms with van der Waals surface area (Å²) in [5, 5.41) is 4.06. The Bertz CT molecular complexity index is 483. The van der Waals surface area contributed by atoms with Gasteiger partial charge in [-0.15, -0.1) is 0 Å². The Morgan fingerprint density at radius 2 is 2.18 bits per heavy atom. The molecule has 1 aromatic carbocycles. The van der Waals surface area contributed by atoms with Crippen LogP contribution in [-0.4, -0.2) is 16.9 Å². The predicted molar refractivity (Wildman–Crippen MR) is 70.1 cm³/mol. The van der Waals surface area contributed by atoms with Gasteiger partial charge in [0.1, 0.15) is 5.69 Å². The number of hydrogen-bond donors (Lipinski definition) is 2. The first-order valence-corrected chi connectivity index (χ1v) is 6.09. The second kappa shape index (κ2) is 5.04. The van der Waals surface area contributed by atoms with Crippen LogP contribution in [0.2, 0.25) is 0 Å². The first-order valence-electron chi connectivity index (χ1n) is 6.09. The van der Waals surface area contributed by atoms with Crippen LogP contribution in [0.25, 0.3) is 10.9 Å². The lowest BCUT2D eigenvalue weighted by molar-refractivity contribution is 0.0934. The van der Waals surface area contributed by atoms with E-state index in [2.05, 4.69) is 17.2 Å². The number of aromatic nitrogens is 1. The van der Waals surface area contributed by atoms with Gasteiger partial charge in [0.15, 0.2) is 0 Å². The summed E-state index contributed by atoms with van der Waals surface area (Å²) in [5.41, 5.74) is 1.63. The van der Waals surface area contributed by atoms with Gasteiger partial charge in [-0.3, -0.25) is 4.79 Å². The van der Waals surface area contributed by atoms with Crippen molar-refractivity contribution < 1.29 is 4.79 Å². The minimum atomic E-state index is -0.0258. The van der Waals surface area contributed by atoms with E-state index in [0.717, 1.165) is 23.7 Å². The van der Waals surface area contributed by atoms with Crippen LogP contribution in [0.3, 0.4) is 0 Å². The molecule has 0 bridgehead atoms. The molecule has 0 radical (unpaired) electrons. The molecule has 2 aromatic rings. The largest absolute Gasteiger partial charge is 0.351 e. The number of carbonyl (C=O) groups excluding carboxylic acids is 1. The Labute approximate surface area is 101 Å². The zero-order valence-corrected chi connectivity index (χ0v) is 10.3. The van der Waals surface area contributed by atoms with Gasteiger partial charge in [0, 0.05) is 16.9 Å². The topological polar surface area (TPSA) is 44.9 Å². The van der Waals surface area contributed by atoms with Crippen LogP contribution >= 0.6 is 0 Å². The highest BCUT2D eigenvalue weighted by Crippen LogP contribution is 2.14. The average molecular weight is 230 g/mol. The van der Waals surface area contributed by atoms with Gasteiger partial charge in [-0.05, 0) is 25.5 Å². The molecule has 17 heavy (non-hydrogen) atoms. The first-order chi connectivity index (χ1) is 8.20. The van der Waals surface area contributed by atoms with Crippen molar-refractivity contribution >= 4 is 16.8 Å². The molecule has 0 aliphatic heterocycles. The predicted octanol–water partition coefficient (Wildman–Crippen LogP) is 3.09. The van der Waals surface area contributed by atoms with Crippen molar-refractivity contribution in [3.05, 3.63) is 36.0 Å². The van der Waals surface area contributed by atoms with E-state index in [1.807, 2.05) is 37.3 Å². The maximum absolute atomic E-state index is 12.0. The fourth-order valence-corrected chi connectivity index (χ4v) is 2.00. The smallest absolute Gasteiger partial charge is 0.267 e. The Balaban J connectivity index is 2.13. The van der Waals surface area contributed by atoms with Gasteiger partial charge in [0.25, 0.3) is 5.91 Å². The number of hydrogen-bond acceptors (Lipinski definition) is 1. The number of carbonyl (C=O) groups is 1. The van der Waals surface area contributed by atoms with Crippen molar-refractivity contribution in [1.29, 1.82) is 0 Å². The van der Waals surface area contributed by atoms with Crippen LogP contribution in [0.1, 0.15) is 37.2 Å². The van der Waals surface area contributed by atoms with Crippen molar-refractivity contribution in [2.75, 3.05) is 0 Å². The second-order valence-electron chi connectivity index (χ2n) is 4.43. The summed E-state index contributed by atoms with van der Waals surface area (Å²) >= 11 is 0. The Kier molecular flexibility index (Phi) is 3.47. The minimum absolute atomic E-state index is 0.0258. The molecular weight excluding hydrogens is 212 g/mol. The van der Waals surface area contributed by atoms with E-state index in [0.29, 0.717) is 5.69 Å². The van der Waals surface area contributed by atoms with Crippen molar-refractivity contribution in [3.8, 4) is 0 Å². The van der Waals surface area contributed by atoms with Gasteiger partial charge in [0.05, 0.1) is 0 Å². The standard InChI is InChI=1S/C14H18N2O/c1-3-6-10(2)15-14(17)13-9-11-7-4-5-8-12(11)16-13/h4-5,7-10,16H,3,6H2,1-2H3,(H,15,17). The highest BCUT2D eigenvalue weighted by molar-refractivity contribution is 5.98. The fourth-order valence-electron chi connectivity index (χ4n) is 2.00. The lowest BCUT2D eigenvalue weighted by Crippen LogP contribution is -2.32. The molecule has 1 atom stereocenters. The second-order valence-corrected chi connectivity index (χ2v) is 4.43. The molecule has 0 fully saturated rings. The number of amides is 1. The highest BCUT2D eigenvalue weighted by Gasteiger charge is 2.11. The molecule has 1 amide bonds. The minimum Gasteiger partial charge on any atom is -0.351 e. The quantitative estimate of drug-likeness (QED) is 0.833. The highest BCUT2D eigenvalue weighted by atomic mass is 16.1. The molecule has 2 rings (SSSR count).